The lowest BCUT2D eigenvalue weighted by molar-refractivity contribution is 0.926. The summed E-state index contributed by atoms with van der Waals surface area (Å²) in [6, 6.07) is 4.01. The van der Waals surface area contributed by atoms with E-state index >= 15 is 0 Å². The van der Waals surface area contributed by atoms with Gasteiger partial charge in [-0.15, -0.1) is 0 Å². The summed E-state index contributed by atoms with van der Waals surface area (Å²) in [6.45, 7) is 0. The van der Waals surface area contributed by atoms with Crippen LogP contribution in [0.2, 0.25) is 0 Å². The Morgan fingerprint density at radius 2 is 2.38 bits per heavy atom. The van der Waals surface area contributed by atoms with E-state index in [1.165, 1.54) is 0 Å². The first kappa shape index (κ1) is 7.38. The summed E-state index contributed by atoms with van der Waals surface area (Å²) in [5.41, 5.74) is 1.65. The predicted octanol–water partition coefficient (Wildman–Crippen LogP) is 0.600. The minimum atomic E-state index is 0.201. The topological polar surface area (TPSA) is 80.7 Å². The predicted molar refractivity (Wildman–Crippen MR) is 43.6 cm³/mol. The molecule has 0 aliphatic rings. The molecule has 0 radical (unpaired) electrons. The van der Waals surface area contributed by atoms with E-state index in [0.29, 0.717) is 16.9 Å². The smallest absolute Gasteiger partial charge is 0.171 e. The normalized spacial score (nSPS) is 9.69. The molecule has 2 aromatic rings. The molecular formula is C8H5N5. The molecule has 2 rings (SSSR count). The van der Waals surface area contributed by atoms with Gasteiger partial charge >= 0.3 is 0 Å². The molecule has 0 bridgehead atoms. The standard InChI is InChI=1S/C8H5N5/c9-2-1-7-6(5-10)8-11-3-4-13(8)12-7/h3-4,12H,1H2. The molecule has 2 aromatic heterocycles. The van der Waals surface area contributed by atoms with Crippen molar-refractivity contribution in [1.82, 2.24) is 14.6 Å². The van der Waals surface area contributed by atoms with E-state index in [4.69, 9.17) is 10.5 Å². The number of nitrogens with zero attached hydrogens (tertiary/aromatic N) is 4. The molecule has 1 N–H and O–H groups in total. The number of hydrogen-bond acceptors (Lipinski definition) is 3. The maximum absolute atomic E-state index is 8.82. The highest BCUT2D eigenvalue weighted by atomic mass is 15.3. The summed E-state index contributed by atoms with van der Waals surface area (Å²) in [7, 11) is 0. The van der Waals surface area contributed by atoms with Crippen molar-refractivity contribution in [2.45, 2.75) is 6.42 Å². The Hall–Kier alpha value is -2.27. The van der Waals surface area contributed by atoms with Gasteiger partial charge in [-0.3, -0.25) is 5.10 Å². The van der Waals surface area contributed by atoms with Crippen LogP contribution in [0.3, 0.4) is 0 Å². The molecule has 0 aliphatic carbocycles. The zero-order chi connectivity index (χ0) is 9.26. The number of H-pyrrole nitrogens is 1. The lowest BCUT2D eigenvalue weighted by Crippen LogP contribution is -1.86. The molecule has 2 heterocycles. The average Bonchev–Trinajstić information content (AvgIpc) is 2.64. The first-order valence-corrected chi connectivity index (χ1v) is 3.67. The minimum Gasteiger partial charge on any atom is -0.294 e. The van der Waals surface area contributed by atoms with E-state index in [9.17, 15) is 0 Å². The SMILES string of the molecule is N#CCc1[nH]n2ccnc2c1C#N. The van der Waals surface area contributed by atoms with Gasteiger partial charge in [0.15, 0.2) is 5.65 Å². The number of fused-ring (bicyclic) bond motifs is 1. The van der Waals surface area contributed by atoms with Gasteiger partial charge in [0.05, 0.1) is 18.2 Å². The largest absolute Gasteiger partial charge is 0.294 e. The van der Waals surface area contributed by atoms with Crippen LogP contribution < -0.4 is 0 Å². The van der Waals surface area contributed by atoms with Gasteiger partial charge in [0.2, 0.25) is 0 Å². The number of nitriles is 2. The van der Waals surface area contributed by atoms with Crippen LogP contribution in [0.25, 0.3) is 5.65 Å². The maximum atomic E-state index is 8.82. The van der Waals surface area contributed by atoms with Crippen LogP contribution in [0.1, 0.15) is 11.3 Å². The molecule has 13 heavy (non-hydrogen) atoms. The Balaban J connectivity index is 2.71. The highest BCUT2D eigenvalue weighted by molar-refractivity contribution is 5.57. The van der Waals surface area contributed by atoms with Crippen molar-refractivity contribution in [2.75, 3.05) is 0 Å². The first-order valence-electron chi connectivity index (χ1n) is 3.67. The summed E-state index contributed by atoms with van der Waals surface area (Å²) in [4.78, 5) is 3.99. The second-order valence-corrected chi connectivity index (χ2v) is 2.53. The van der Waals surface area contributed by atoms with Gasteiger partial charge in [0, 0.05) is 12.4 Å². The summed E-state index contributed by atoms with van der Waals surface area (Å²) in [5, 5.41) is 20.2. The van der Waals surface area contributed by atoms with Crippen LogP contribution in [-0.4, -0.2) is 14.6 Å². The van der Waals surface area contributed by atoms with E-state index in [1.54, 1.807) is 16.9 Å². The molecule has 0 amide bonds. The highest BCUT2D eigenvalue weighted by Crippen LogP contribution is 2.12. The Kier molecular flexibility index (Phi) is 1.50. The Labute approximate surface area is 73.8 Å². The van der Waals surface area contributed by atoms with Crippen LogP contribution in [0.15, 0.2) is 12.4 Å². The molecule has 0 saturated heterocycles. The molecular weight excluding hydrogens is 166 g/mol. The molecule has 0 atom stereocenters. The number of imidazole rings is 1. The fourth-order valence-electron chi connectivity index (χ4n) is 1.24. The van der Waals surface area contributed by atoms with Gasteiger partial charge in [-0.25, -0.2) is 9.50 Å². The second-order valence-electron chi connectivity index (χ2n) is 2.53. The van der Waals surface area contributed by atoms with Crippen molar-refractivity contribution in [1.29, 1.82) is 10.5 Å². The van der Waals surface area contributed by atoms with Crippen LogP contribution in [0.4, 0.5) is 0 Å². The second kappa shape index (κ2) is 2.65. The lowest BCUT2D eigenvalue weighted by Gasteiger charge is -1.85. The third kappa shape index (κ3) is 0.951. The highest BCUT2D eigenvalue weighted by Gasteiger charge is 2.10. The molecule has 0 spiro atoms. The Morgan fingerprint density at radius 3 is 3.08 bits per heavy atom. The molecule has 5 heteroatoms. The third-order valence-electron chi connectivity index (χ3n) is 1.79. The summed E-state index contributed by atoms with van der Waals surface area (Å²) in [6.07, 6.45) is 3.51. The van der Waals surface area contributed by atoms with Gasteiger partial charge in [-0.1, -0.05) is 0 Å². The summed E-state index contributed by atoms with van der Waals surface area (Å²) < 4.78 is 1.63. The van der Waals surface area contributed by atoms with Crippen molar-refractivity contribution in [3.05, 3.63) is 23.7 Å². The molecule has 62 valence electrons. The maximum Gasteiger partial charge on any atom is 0.171 e. The molecule has 0 aromatic carbocycles. The van der Waals surface area contributed by atoms with Crippen LogP contribution in [-0.2, 0) is 6.42 Å². The number of hydrogen-bond donors (Lipinski definition) is 1. The number of aromatic nitrogens is 3. The zero-order valence-corrected chi connectivity index (χ0v) is 6.65. The van der Waals surface area contributed by atoms with Gasteiger partial charge in [-0.05, 0) is 0 Å². The van der Waals surface area contributed by atoms with Crippen molar-refractivity contribution >= 4 is 5.65 Å². The lowest BCUT2D eigenvalue weighted by atomic mass is 10.2. The fraction of sp³-hybridized carbons (Fsp3) is 0.125. The van der Waals surface area contributed by atoms with E-state index < -0.39 is 0 Å². The molecule has 0 saturated carbocycles. The first-order chi connectivity index (χ1) is 6.36. The van der Waals surface area contributed by atoms with Gasteiger partial charge in [0.25, 0.3) is 0 Å². The number of rotatable bonds is 1. The van der Waals surface area contributed by atoms with Crippen molar-refractivity contribution < 1.29 is 0 Å². The van der Waals surface area contributed by atoms with E-state index in [2.05, 4.69) is 10.1 Å². The van der Waals surface area contributed by atoms with Crippen molar-refractivity contribution in [3.63, 3.8) is 0 Å². The van der Waals surface area contributed by atoms with Crippen LogP contribution >= 0.6 is 0 Å². The quantitative estimate of drug-likeness (QED) is 0.682. The van der Waals surface area contributed by atoms with E-state index in [0.717, 1.165) is 0 Å². The van der Waals surface area contributed by atoms with Gasteiger partial charge < -0.3 is 0 Å². The van der Waals surface area contributed by atoms with Crippen LogP contribution in [0, 0.1) is 22.7 Å². The minimum absolute atomic E-state index is 0.201. The number of aromatic amines is 1. The fourth-order valence-corrected chi connectivity index (χ4v) is 1.24. The Morgan fingerprint density at radius 1 is 1.54 bits per heavy atom. The average molecular weight is 171 g/mol. The molecule has 0 aliphatic heterocycles. The Bertz CT molecular complexity index is 519. The van der Waals surface area contributed by atoms with Crippen molar-refractivity contribution in [2.24, 2.45) is 0 Å². The van der Waals surface area contributed by atoms with Gasteiger partial charge in [-0.2, -0.15) is 10.5 Å². The monoisotopic (exact) mass is 171 g/mol. The molecule has 5 nitrogen and oxygen atoms in total. The third-order valence-corrected chi connectivity index (χ3v) is 1.79. The van der Waals surface area contributed by atoms with Crippen LogP contribution in [0.5, 0.6) is 0 Å². The summed E-state index contributed by atoms with van der Waals surface area (Å²) in [5.74, 6) is 0. The zero-order valence-electron chi connectivity index (χ0n) is 6.65. The van der Waals surface area contributed by atoms with E-state index in [1.807, 2.05) is 12.1 Å². The van der Waals surface area contributed by atoms with E-state index in [-0.39, 0.29) is 6.42 Å². The molecule has 0 fully saturated rings. The van der Waals surface area contributed by atoms with Gasteiger partial charge in [0.1, 0.15) is 11.6 Å². The van der Waals surface area contributed by atoms with Crippen molar-refractivity contribution in [3.8, 4) is 12.1 Å². The molecule has 0 unspecified atom stereocenters. The number of nitrogens with one attached hydrogen (secondary N) is 1. The summed E-state index contributed by atoms with van der Waals surface area (Å²) >= 11 is 0.